The third-order valence-corrected chi connectivity index (χ3v) is 2.06. The Morgan fingerprint density at radius 3 is 2.64 bits per heavy atom. The summed E-state index contributed by atoms with van der Waals surface area (Å²) in [6.07, 6.45) is 0. The van der Waals surface area contributed by atoms with E-state index in [1.807, 2.05) is 0 Å². The standard InChI is InChI=1S/C7H4BrClO2/c8-6-2-1-4(10)3-5(6)7(9)11/h1-3,10H. The molecular formula is C7H4BrClO2. The molecule has 0 radical (unpaired) electrons. The molecule has 58 valence electrons. The number of carbonyl (C=O) groups excluding carboxylic acids is 1. The van der Waals surface area contributed by atoms with Gasteiger partial charge in [0.1, 0.15) is 5.75 Å². The van der Waals surface area contributed by atoms with Crippen LogP contribution in [0, 0.1) is 0 Å². The highest BCUT2D eigenvalue weighted by Gasteiger charge is 2.06. The Labute approximate surface area is 76.9 Å². The molecule has 1 N–H and O–H groups in total. The molecule has 0 saturated heterocycles. The highest BCUT2D eigenvalue weighted by Crippen LogP contribution is 2.22. The van der Waals surface area contributed by atoms with Crippen molar-refractivity contribution in [2.75, 3.05) is 0 Å². The summed E-state index contributed by atoms with van der Waals surface area (Å²) in [5.74, 6) is 0.0252. The molecule has 0 fully saturated rings. The smallest absolute Gasteiger partial charge is 0.253 e. The predicted octanol–water partition coefficient (Wildman–Crippen LogP) is 2.53. The van der Waals surface area contributed by atoms with E-state index >= 15 is 0 Å². The molecule has 1 aromatic carbocycles. The van der Waals surface area contributed by atoms with Gasteiger partial charge in [0.2, 0.25) is 0 Å². The summed E-state index contributed by atoms with van der Waals surface area (Å²) < 4.78 is 0.579. The lowest BCUT2D eigenvalue weighted by molar-refractivity contribution is 0.108. The number of phenols is 1. The van der Waals surface area contributed by atoms with Crippen LogP contribution in [0.4, 0.5) is 0 Å². The maximum Gasteiger partial charge on any atom is 0.253 e. The van der Waals surface area contributed by atoms with Gasteiger partial charge in [-0.25, -0.2) is 0 Å². The maximum absolute atomic E-state index is 10.6. The second-order valence-electron chi connectivity index (χ2n) is 1.94. The molecule has 11 heavy (non-hydrogen) atoms. The van der Waals surface area contributed by atoms with Gasteiger partial charge in [-0.3, -0.25) is 4.79 Å². The van der Waals surface area contributed by atoms with Crippen molar-refractivity contribution in [3.8, 4) is 5.75 Å². The van der Waals surface area contributed by atoms with Crippen molar-refractivity contribution in [1.82, 2.24) is 0 Å². The van der Waals surface area contributed by atoms with E-state index in [2.05, 4.69) is 15.9 Å². The first-order valence-corrected chi connectivity index (χ1v) is 3.96. The van der Waals surface area contributed by atoms with Crippen LogP contribution in [0.5, 0.6) is 5.75 Å². The molecule has 0 bridgehead atoms. The van der Waals surface area contributed by atoms with Crippen LogP contribution in [0.1, 0.15) is 10.4 Å². The summed E-state index contributed by atoms with van der Waals surface area (Å²) in [6, 6.07) is 4.33. The van der Waals surface area contributed by atoms with E-state index in [0.29, 0.717) is 4.47 Å². The second kappa shape index (κ2) is 3.24. The molecule has 0 aliphatic heterocycles. The zero-order valence-electron chi connectivity index (χ0n) is 5.34. The molecule has 1 rings (SSSR count). The zero-order chi connectivity index (χ0) is 8.43. The van der Waals surface area contributed by atoms with Crippen molar-refractivity contribution < 1.29 is 9.90 Å². The minimum atomic E-state index is -0.590. The Kier molecular flexibility index (Phi) is 2.52. The number of rotatable bonds is 1. The molecule has 0 amide bonds. The second-order valence-corrected chi connectivity index (χ2v) is 3.14. The van der Waals surface area contributed by atoms with Gasteiger partial charge in [-0.15, -0.1) is 0 Å². The van der Waals surface area contributed by atoms with E-state index < -0.39 is 5.24 Å². The van der Waals surface area contributed by atoms with Crippen molar-refractivity contribution in [3.05, 3.63) is 28.2 Å². The van der Waals surface area contributed by atoms with Crippen LogP contribution in [0.3, 0.4) is 0 Å². The largest absolute Gasteiger partial charge is 0.508 e. The van der Waals surface area contributed by atoms with Gasteiger partial charge in [0.25, 0.3) is 5.24 Å². The quantitative estimate of drug-likeness (QED) is 0.760. The van der Waals surface area contributed by atoms with Crippen LogP contribution in [-0.4, -0.2) is 10.3 Å². The number of hydrogen-bond donors (Lipinski definition) is 1. The first-order chi connectivity index (χ1) is 5.11. The van der Waals surface area contributed by atoms with Gasteiger partial charge in [0.05, 0.1) is 5.56 Å². The van der Waals surface area contributed by atoms with Crippen molar-refractivity contribution in [1.29, 1.82) is 0 Å². The number of carbonyl (C=O) groups is 1. The normalized spacial score (nSPS) is 9.64. The Bertz CT molecular complexity index is 298. The molecule has 4 heteroatoms. The van der Waals surface area contributed by atoms with Crippen molar-refractivity contribution in [2.24, 2.45) is 0 Å². The van der Waals surface area contributed by atoms with Crippen LogP contribution < -0.4 is 0 Å². The molecule has 2 nitrogen and oxygen atoms in total. The minimum Gasteiger partial charge on any atom is -0.508 e. The summed E-state index contributed by atoms with van der Waals surface area (Å²) in [5, 5.41) is 8.36. The van der Waals surface area contributed by atoms with Gasteiger partial charge in [-0.2, -0.15) is 0 Å². The summed E-state index contributed by atoms with van der Waals surface area (Å²) in [7, 11) is 0. The molecule has 0 unspecified atom stereocenters. The number of phenolic OH excluding ortho intramolecular Hbond substituents is 1. The van der Waals surface area contributed by atoms with Crippen LogP contribution in [0.25, 0.3) is 0 Å². The van der Waals surface area contributed by atoms with Gasteiger partial charge in [-0.1, -0.05) is 0 Å². The predicted molar refractivity (Wildman–Crippen MR) is 46.0 cm³/mol. The Morgan fingerprint density at radius 2 is 2.18 bits per heavy atom. The van der Waals surface area contributed by atoms with E-state index in [-0.39, 0.29) is 11.3 Å². The van der Waals surface area contributed by atoms with Crippen molar-refractivity contribution in [2.45, 2.75) is 0 Å². The monoisotopic (exact) mass is 234 g/mol. The summed E-state index contributed by atoms with van der Waals surface area (Å²) in [5.41, 5.74) is 0.270. The van der Waals surface area contributed by atoms with Crippen LogP contribution in [0.15, 0.2) is 22.7 Å². The highest BCUT2D eigenvalue weighted by atomic mass is 79.9. The molecule has 0 spiro atoms. The maximum atomic E-state index is 10.6. The SMILES string of the molecule is O=C(Cl)c1cc(O)ccc1Br. The van der Waals surface area contributed by atoms with Crippen LogP contribution in [0.2, 0.25) is 0 Å². The highest BCUT2D eigenvalue weighted by molar-refractivity contribution is 9.10. The fourth-order valence-electron chi connectivity index (χ4n) is 0.664. The van der Waals surface area contributed by atoms with Crippen molar-refractivity contribution >= 4 is 32.8 Å². The average molecular weight is 235 g/mol. The molecule has 0 aromatic heterocycles. The zero-order valence-corrected chi connectivity index (χ0v) is 7.69. The molecule has 0 heterocycles. The van der Waals surface area contributed by atoms with Gasteiger partial charge in [0, 0.05) is 4.47 Å². The number of benzene rings is 1. The average Bonchev–Trinajstić information content (AvgIpc) is 1.94. The van der Waals surface area contributed by atoms with E-state index in [4.69, 9.17) is 16.7 Å². The molecule has 0 atom stereocenters. The molecular weight excluding hydrogens is 231 g/mol. The lowest BCUT2D eigenvalue weighted by Crippen LogP contribution is -1.89. The Balaban J connectivity index is 3.23. The van der Waals surface area contributed by atoms with Gasteiger partial charge >= 0.3 is 0 Å². The summed E-state index contributed by atoms with van der Waals surface area (Å²) >= 11 is 8.32. The summed E-state index contributed by atoms with van der Waals surface area (Å²) in [6.45, 7) is 0. The number of aromatic hydroxyl groups is 1. The Hall–Kier alpha value is -0.540. The van der Waals surface area contributed by atoms with Gasteiger partial charge in [0.15, 0.2) is 0 Å². The summed E-state index contributed by atoms with van der Waals surface area (Å²) in [4.78, 5) is 10.6. The lowest BCUT2D eigenvalue weighted by atomic mass is 10.2. The lowest BCUT2D eigenvalue weighted by Gasteiger charge is -1.97. The first kappa shape index (κ1) is 8.56. The molecule has 0 aliphatic carbocycles. The third-order valence-electron chi connectivity index (χ3n) is 1.16. The van der Waals surface area contributed by atoms with Crippen LogP contribution >= 0.6 is 27.5 Å². The minimum absolute atomic E-state index is 0.0252. The van der Waals surface area contributed by atoms with E-state index in [1.165, 1.54) is 12.1 Å². The van der Waals surface area contributed by atoms with E-state index in [1.54, 1.807) is 6.07 Å². The van der Waals surface area contributed by atoms with E-state index in [9.17, 15) is 4.79 Å². The van der Waals surface area contributed by atoms with Gasteiger partial charge < -0.3 is 5.11 Å². The van der Waals surface area contributed by atoms with Gasteiger partial charge in [-0.05, 0) is 45.7 Å². The molecule has 1 aromatic rings. The number of hydrogen-bond acceptors (Lipinski definition) is 2. The fourth-order valence-corrected chi connectivity index (χ4v) is 1.36. The molecule has 0 aliphatic rings. The fraction of sp³-hybridized carbons (Fsp3) is 0. The molecule has 0 saturated carbocycles. The van der Waals surface area contributed by atoms with Crippen LogP contribution in [-0.2, 0) is 0 Å². The van der Waals surface area contributed by atoms with E-state index in [0.717, 1.165) is 0 Å². The number of halogens is 2. The first-order valence-electron chi connectivity index (χ1n) is 2.79. The van der Waals surface area contributed by atoms with Crippen molar-refractivity contribution in [3.63, 3.8) is 0 Å². The topological polar surface area (TPSA) is 37.3 Å². The third kappa shape index (κ3) is 1.94. The Morgan fingerprint density at radius 1 is 1.55 bits per heavy atom.